The van der Waals surface area contributed by atoms with Gasteiger partial charge >= 0.3 is 5.97 Å². The minimum absolute atomic E-state index is 0.0553. The fourth-order valence-electron chi connectivity index (χ4n) is 1.56. The molecule has 0 bridgehead atoms. The van der Waals surface area contributed by atoms with Crippen molar-refractivity contribution in [3.8, 4) is 0 Å². The lowest BCUT2D eigenvalue weighted by atomic mass is 10.1. The van der Waals surface area contributed by atoms with Crippen LogP contribution < -0.4 is 0 Å². The molecule has 0 heterocycles. The molecule has 0 amide bonds. The minimum atomic E-state index is -0.160. The van der Waals surface area contributed by atoms with Crippen LogP contribution in [0.4, 0.5) is 0 Å². The van der Waals surface area contributed by atoms with E-state index in [9.17, 15) is 4.79 Å². The molecule has 0 saturated heterocycles. The Labute approximate surface area is 95.9 Å². The first-order valence-corrected chi connectivity index (χ1v) is 5.63. The number of carbonyl (C=O) groups is 1. The minimum Gasteiger partial charge on any atom is -0.458 e. The quantitative estimate of drug-likeness (QED) is 0.721. The highest BCUT2D eigenvalue weighted by molar-refractivity contribution is 5.75. The highest BCUT2D eigenvalue weighted by Crippen LogP contribution is 2.32. The van der Waals surface area contributed by atoms with Crippen molar-refractivity contribution >= 4 is 12.0 Å². The van der Waals surface area contributed by atoms with Crippen molar-refractivity contribution in [2.45, 2.75) is 25.9 Å². The summed E-state index contributed by atoms with van der Waals surface area (Å²) in [6, 6.07) is 7.90. The van der Waals surface area contributed by atoms with Crippen LogP contribution in [-0.2, 0) is 9.53 Å². The summed E-state index contributed by atoms with van der Waals surface area (Å²) in [5, 5.41) is 0. The van der Waals surface area contributed by atoms with Gasteiger partial charge in [0.1, 0.15) is 6.10 Å². The SMILES string of the molecule is C=Cc1ccc(C(C)OC(=O)C2CC2)cc1. The average molecular weight is 216 g/mol. The van der Waals surface area contributed by atoms with Gasteiger partial charge in [0.15, 0.2) is 0 Å². The molecule has 2 heteroatoms. The zero-order valence-electron chi connectivity index (χ0n) is 9.48. The molecule has 1 saturated carbocycles. The van der Waals surface area contributed by atoms with Crippen molar-refractivity contribution in [2.75, 3.05) is 0 Å². The first kappa shape index (κ1) is 10.9. The molecule has 1 fully saturated rings. The topological polar surface area (TPSA) is 26.3 Å². The number of ether oxygens (including phenoxy) is 1. The van der Waals surface area contributed by atoms with Crippen LogP contribution in [0.3, 0.4) is 0 Å². The number of carbonyl (C=O) groups excluding carboxylic acids is 1. The summed E-state index contributed by atoms with van der Waals surface area (Å²) in [6.45, 7) is 5.61. The molecule has 0 radical (unpaired) electrons. The Bertz CT molecular complexity index is 388. The van der Waals surface area contributed by atoms with E-state index in [0.717, 1.165) is 24.0 Å². The Balaban J connectivity index is 1.99. The van der Waals surface area contributed by atoms with E-state index in [2.05, 4.69) is 6.58 Å². The largest absolute Gasteiger partial charge is 0.458 e. The van der Waals surface area contributed by atoms with E-state index < -0.39 is 0 Å². The van der Waals surface area contributed by atoms with Crippen LogP contribution in [0.2, 0.25) is 0 Å². The first-order chi connectivity index (χ1) is 7.70. The summed E-state index contributed by atoms with van der Waals surface area (Å²) in [7, 11) is 0. The van der Waals surface area contributed by atoms with Gasteiger partial charge < -0.3 is 4.74 Å². The van der Waals surface area contributed by atoms with Crippen molar-refractivity contribution < 1.29 is 9.53 Å². The van der Waals surface area contributed by atoms with Crippen molar-refractivity contribution in [2.24, 2.45) is 5.92 Å². The van der Waals surface area contributed by atoms with Crippen molar-refractivity contribution in [1.29, 1.82) is 0 Å². The molecule has 0 N–H and O–H groups in total. The molecule has 0 aliphatic heterocycles. The molecule has 84 valence electrons. The Morgan fingerprint density at radius 1 is 1.44 bits per heavy atom. The summed E-state index contributed by atoms with van der Waals surface area (Å²) < 4.78 is 5.37. The Morgan fingerprint density at radius 2 is 2.06 bits per heavy atom. The molecule has 0 aromatic heterocycles. The van der Waals surface area contributed by atoms with E-state index in [-0.39, 0.29) is 18.0 Å². The van der Waals surface area contributed by atoms with Gasteiger partial charge in [-0.05, 0) is 30.9 Å². The molecule has 0 spiro atoms. The molecule has 1 aromatic rings. The van der Waals surface area contributed by atoms with E-state index in [1.54, 1.807) is 6.08 Å². The number of rotatable bonds is 4. The van der Waals surface area contributed by atoms with Gasteiger partial charge in [-0.15, -0.1) is 0 Å². The molecular weight excluding hydrogens is 200 g/mol. The molecule has 1 aliphatic rings. The van der Waals surface area contributed by atoms with Crippen LogP contribution in [0.1, 0.15) is 37.0 Å². The van der Waals surface area contributed by atoms with Crippen molar-refractivity contribution in [3.05, 3.63) is 42.0 Å². The Morgan fingerprint density at radius 3 is 2.56 bits per heavy atom. The summed E-state index contributed by atoms with van der Waals surface area (Å²) in [6.07, 6.45) is 3.61. The van der Waals surface area contributed by atoms with Gasteiger partial charge in [-0.3, -0.25) is 4.79 Å². The van der Waals surface area contributed by atoms with E-state index in [0.29, 0.717) is 0 Å². The molecule has 1 aliphatic carbocycles. The maximum Gasteiger partial charge on any atom is 0.309 e. The lowest BCUT2D eigenvalue weighted by molar-refractivity contribution is -0.150. The highest BCUT2D eigenvalue weighted by atomic mass is 16.5. The van der Waals surface area contributed by atoms with Crippen LogP contribution in [0.15, 0.2) is 30.8 Å². The monoisotopic (exact) mass is 216 g/mol. The number of benzene rings is 1. The van der Waals surface area contributed by atoms with Crippen LogP contribution in [-0.4, -0.2) is 5.97 Å². The van der Waals surface area contributed by atoms with Gasteiger partial charge in [0.25, 0.3) is 0 Å². The lowest BCUT2D eigenvalue weighted by Gasteiger charge is -2.13. The van der Waals surface area contributed by atoms with Gasteiger partial charge in [0, 0.05) is 0 Å². The molecule has 2 rings (SSSR count). The third kappa shape index (κ3) is 2.51. The van der Waals surface area contributed by atoms with E-state index in [1.165, 1.54) is 0 Å². The predicted octanol–water partition coefficient (Wildman–Crippen LogP) is 3.34. The van der Waals surface area contributed by atoms with Crippen molar-refractivity contribution in [1.82, 2.24) is 0 Å². The standard InChI is InChI=1S/C14H16O2/c1-3-11-4-6-12(7-5-11)10(2)16-14(15)13-8-9-13/h3-7,10,13H,1,8-9H2,2H3. The first-order valence-electron chi connectivity index (χ1n) is 5.63. The Kier molecular flexibility index (Phi) is 3.09. The zero-order valence-corrected chi connectivity index (χ0v) is 9.48. The summed E-state index contributed by atoms with van der Waals surface area (Å²) >= 11 is 0. The molecule has 16 heavy (non-hydrogen) atoms. The lowest BCUT2D eigenvalue weighted by Crippen LogP contribution is -2.10. The van der Waals surface area contributed by atoms with Crippen LogP contribution in [0.25, 0.3) is 6.08 Å². The van der Waals surface area contributed by atoms with Crippen LogP contribution >= 0.6 is 0 Å². The zero-order chi connectivity index (χ0) is 11.5. The second-order valence-electron chi connectivity index (χ2n) is 4.22. The molecule has 1 unspecified atom stereocenters. The number of hydrogen-bond donors (Lipinski definition) is 0. The Hall–Kier alpha value is -1.57. The predicted molar refractivity (Wildman–Crippen MR) is 63.8 cm³/mol. The smallest absolute Gasteiger partial charge is 0.309 e. The summed E-state index contributed by atoms with van der Waals surface area (Å²) in [5.41, 5.74) is 2.10. The number of hydrogen-bond acceptors (Lipinski definition) is 2. The number of esters is 1. The maximum absolute atomic E-state index is 11.5. The van der Waals surface area contributed by atoms with Crippen molar-refractivity contribution in [3.63, 3.8) is 0 Å². The molecule has 1 aromatic carbocycles. The average Bonchev–Trinajstić information content (AvgIpc) is 3.13. The normalized spacial score (nSPS) is 16.6. The van der Waals surface area contributed by atoms with Gasteiger partial charge in [-0.25, -0.2) is 0 Å². The van der Waals surface area contributed by atoms with Gasteiger partial charge in [0.2, 0.25) is 0 Å². The summed E-state index contributed by atoms with van der Waals surface area (Å²) in [5.74, 6) is 0.107. The van der Waals surface area contributed by atoms with E-state index in [4.69, 9.17) is 4.74 Å². The van der Waals surface area contributed by atoms with Crippen LogP contribution in [0.5, 0.6) is 0 Å². The molecule has 1 atom stereocenters. The third-order valence-corrected chi connectivity index (χ3v) is 2.85. The van der Waals surface area contributed by atoms with Gasteiger partial charge in [-0.2, -0.15) is 0 Å². The molecular formula is C14H16O2. The third-order valence-electron chi connectivity index (χ3n) is 2.85. The second-order valence-corrected chi connectivity index (χ2v) is 4.22. The fourth-order valence-corrected chi connectivity index (χ4v) is 1.56. The maximum atomic E-state index is 11.5. The second kappa shape index (κ2) is 4.52. The van der Waals surface area contributed by atoms with Gasteiger partial charge in [-0.1, -0.05) is 36.9 Å². The van der Waals surface area contributed by atoms with E-state index in [1.807, 2.05) is 31.2 Å². The van der Waals surface area contributed by atoms with Gasteiger partial charge in [0.05, 0.1) is 5.92 Å². The summed E-state index contributed by atoms with van der Waals surface area (Å²) in [4.78, 5) is 11.5. The van der Waals surface area contributed by atoms with E-state index >= 15 is 0 Å². The highest BCUT2D eigenvalue weighted by Gasteiger charge is 2.32. The molecule has 2 nitrogen and oxygen atoms in total. The van der Waals surface area contributed by atoms with Crippen LogP contribution in [0, 0.1) is 5.92 Å². The fraction of sp³-hybridized carbons (Fsp3) is 0.357.